The van der Waals surface area contributed by atoms with E-state index in [0.29, 0.717) is 44.9 Å². The van der Waals surface area contributed by atoms with Crippen molar-refractivity contribution in [1.29, 1.82) is 0 Å². The lowest BCUT2D eigenvalue weighted by Crippen LogP contribution is -2.31. The minimum atomic E-state index is -1.14. The van der Waals surface area contributed by atoms with E-state index < -0.39 is 58.9 Å². The van der Waals surface area contributed by atoms with Gasteiger partial charge in [-0.1, -0.05) is 0 Å². The van der Waals surface area contributed by atoms with E-state index in [1.807, 2.05) is 0 Å². The molecule has 0 saturated heterocycles. The van der Waals surface area contributed by atoms with E-state index in [1.165, 1.54) is 24.3 Å². The number of rotatable bonds is 2. The molecule has 5 aromatic rings. The first kappa shape index (κ1) is 31.4. The topological polar surface area (TPSA) is 234 Å². The second-order valence-electron chi connectivity index (χ2n) is 13.0. The number of ether oxygens (including phenoxy) is 2. The Bertz CT molecular complexity index is 2010. The van der Waals surface area contributed by atoms with Crippen LogP contribution in [0.15, 0.2) is 52.9 Å². The van der Waals surface area contributed by atoms with Crippen LogP contribution in [0.5, 0.6) is 57.5 Å². The van der Waals surface area contributed by atoms with E-state index in [0.717, 1.165) is 0 Å². The number of hydrogen-bond acceptors (Lipinski definition) is 13. The molecule has 0 radical (unpaired) electrons. The van der Waals surface area contributed by atoms with Crippen LogP contribution < -0.4 is 9.47 Å². The summed E-state index contributed by atoms with van der Waals surface area (Å²) >= 11 is 0. The molecule has 13 heteroatoms. The van der Waals surface area contributed by atoms with E-state index in [1.54, 1.807) is 24.3 Å². The van der Waals surface area contributed by atoms with Gasteiger partial charge < -0.3 is 65.0 Å². The summed E-state index contributed by atoms with van der Waals surface area (Å²) in [6.45, 7) is 0. The lowest BCUT2D eigenvalue weighted by molar-refractivity contribution is 0.0196. The fourth-order valence-corrected chi connectivity index (χ4v) is 7.27. The molecular weight excluding hydrogens is 652 g/mol. The van der Waals surface area contributed by atoms with Gasteiger partial charge in [0.25, 0.3) is 0 Å². The van der Waals surface area contributed by atoms with Crippen molar-refractivity contribution < 1.29 is 65.0 Å². The zero-order chi connectivity index (χ0) is 35.2. The van der Waals surface area contributed by atoms with Gasteiger partial charge in [-0.2, -0.15) is 0 Å². The van der Waals surface area contributed by atoms with Gasteiger partial charge in [-0.15, -0.1) is 0 Å². The quantitative estimate of drug-likeness (QED) is 0.116. The van der Waals surface area contributed by atoms with Crippen LogP contribution in [0.1, 0.15) is 68.2 Å². The summed E-state index contributed by atoms with van der Waals surface area (Å²) in [5, 5.41) is 106. The van der Waals surface area contributed by atoms with Gasteiger partial charge in [-0.3, -0.25) is 0 Å². The van der Waals surface area contributed by atoms with Crippen molar-refractivity contribution in [3.05, 3.63) is 105 Å². The van der Waals surface area contributed by atoms with E-state index in [-0.39, 0.29) is 66.2 Å². The molecule has 1 aromatic heterocycles. The maximum atomic E-state index is 11.7. The Morgan fingerprint density at radius 3 is 1.22 bits per heavy atom. The fourth-order valence-electron chi connectivity index (χ4n) is 7.27. The zero-order valence-electron chi connectivity index (χ0n) is 26.2. The van der Waals surface area contributed by atoms with Crippen LogP contribution in [0, 0.1) is 0 Å². The normalized spacial score (nSPS) is 20.8. The van der Waals surface area contributed by atoms with Gasteiger partial charge in [0.1, 0.15) is 34.5 Å². The maximum absolute atomic E-state index is 11.7. The van der Waals surface area contributed by atoms with E-state index in [4.69, 9.17) is 13.9 Å². The van der Waals surface area contributed by atoms with Crippen molar-refractivity contribution in [2.75, 3.05) is 0 Å². The molecule has 0 fully saturated rings. The number of aliphatic hydroxyl groups excluding tert-OH is 2. The van der Waals surface area contributed by atoms with Crippen LogP contribution in [0.3, 0.4) is 0 Å². The van der Waals surface area contributed by atoms with Crippen LogP contribution in [0.25, 0.3) is 0 Å². The highest BCUT2D eigenvalue weighted by molar-refractivity contribution is 5.62. The van der Waals surface area contributed by atoms with Crippen LogP contribution in [-0.2, 0) is 32.1 Å². The number of furan rings is 1. The Balaban J connectivity index is 1.22. The van der Waals surface area contributed by atoms with Gasteiger partial charge in [0.2, 0.25) is 0 Å². The average molecular weight is 685 g/mol. The highest BCUT2D eigenvalue weighted by Crippen LogP contribution is 2.50. The minimum absolute atomic E-state index is 0.0512. The van der Waals surface area contributed by atoms with Crippen molar-refractivity contribution in [3.63, 3.8) is 0 Å². The lowest BCUT2D eigenvalue weighted by Gasteiger charge is -2.34. The van der Waals surface area contributed by atoms with E-state index >= 15 is 0 Å². The second kappa shape index (κ2) is 11.3. The number of benzene rings is 4. The molecule has 4 aromatic carbocycles. The molecule has 3 aliphatic heterocycles. The molecule has 0 spiro atoms. The number of aromatic hydroxyl groups is 8. The Morgan fingerprint density at radius 2 is 0.840 bits per heavy atom. The van der Waals surface area contributed by atoms with Crippen LogP contribution >= 0.6 is 0 Å². The second-order valence-corrected chi connectivity index (χ2v) is 13.0. The Morgan fingerprint density at radius 1 is 0.460 bits per heavy atom. The summed E-state index contributed by atoms with van der Waals surface area (Å²) in [6.07, 6.45) is -4.04. The number of phenols is 8. The lowest BCUT2D eigenvalue weighted by atomic mass is 9.86. The number of hydrogen-bond donors (Lipinski definition) is 10. The van der Waals surface area contributed by atoms with E-state index in [9.17, 15) is 51.1 Å². The average Bonchev–Trinajstić information content (AvgIpc) is 3.52. The van der Waals surface area contributed by atoms with Crippen LogP contribution in [-0.4, -0.2) is 63.3 Å². The fraction of sp³-hybridized carbons (Fsp3) is 0.243. The molecule has 4 atom stereocenters. The third kappa shape index (κ3) is 5.01. The summed E-state index contributed by atoms with van der Waals surface area (Å²) in [5.41, 5.74) is 3.11. The molecule has 0 aliphatic carbocycles. The smallest absolute Gasteiger partial charge is 0.200 e. The minimum Gasteiger partial charge on any atom is -0.507 e. The maximum Gasteiger partial charge on any atom is 0.200 e. The van der Waals surface area contributed by atoms with Crippen molar-refractivity contribution >= 4 is 0 Å². The van der Waals surface area contributed by atoms with Gasteiger partial charge in [0.15, 0.2) is 46.7 Å². The Hall–Kier alpha value is -5.92. The van der Waals surface area contributed by atoms with Crippen molar-refractivity contribution in [2.45, 2.75) is 56.5 Å². The molecule has 4 heterocycles. The molecule has 50 heavy (non-hydrogen) atoms. The number of aliphatic hydroxyl groups is 2. The summed E-state index contributed by atoms with van der Waals surface area (Å²) in [6, 6.07) is 11.5. The predicted octanol–water partition coefficient (Wildman–Crippen LogP) is 4.08. The SMILES string of the molecule is Oc1cc(C2Oc3c(cc4c(O)c3Cc3ccc(o3)Cc3c(O)c(cc5c3OC(c3cc(O)c(O)c(O)c3)C(O)C5)C4)CC2O)cc(O)c1O. The predicted molar refractivity (Wildman–Crippen MR) is 172 cm³/mol. The van der Waals surface area contributed by atoms with Crippen molar-refractivity contribution in [2.24, 2.45) is 0 Å². The Kier molecular flexibility index (Phi) is 7.10. The Labute approximate surface area is 283 Å². The molecule has 8 rings (SSSR count). The molecule has 10 N–H and O–H groups in total. The van der Waals surface area contributed by atoms with Crippen molar-refractivity contribution in [3.8, 4) is 57.5 Å². The molecule has 13 nitrogen and oxygen atoms in total. The molecule has 0 amide bonds. The number of phenolic OH excluding ortho intramolecular Hbond substituents is 8. The monoisotopic (exact) mass is 684 g/mol. The molecule has 3 aliphatic rings. The van der Waals surface area contributed by atoms with Gasteiger partial charge in [-0.05, 0) is 70.8 Å². The van der Waals surface area contributed by atoms with Gasteiger partial charge in [0.05, 0.1) is 12.2 Å². The first-order valence-electron chi connectivity index (χ1n) is 15.9. The summed E-state index contributed by atoms with van der Waals surface area (Å²) in [5.74, 6) is -2.54. The van der Waals surface area contributed by atoms with Crippen molar-refractivity contribution in [1.82, 2.24) is 0 Å². The van der Waals surface area contributed by atoms with Gasteiger partial charge >= 0.3 is 0 Å². The zero-order valence-corrected chi connectivity index (χ0v) is 26.2. The number of fused-ring (bicyclic) bond motifs is 10. The molecule has 4 unspecified atom stereocenters. The summed E-state index contributed by atoms with van der Waals surface area (Å²) in [4.78, 5) is 0. The molecule has 258 valence electrons. The highest BCUT2D eigenvalue weighted by Gasteiger charge is 2.37. The van der Waals surface area contributed by atoms with Gasteiger partial charge in [0, 0.05) is 54.4 Å². The van der Waals surface area contributed by atoms with Crippen LogP contribution in [0.4, 0.5) is 0 Å². The third-order valence-electron chi connectivity index (χ3n) is 9.70. The van der Waals surface area contributed by atoms with Gasteiger partial charge in [-0.25, -0.2) is 0 Å². The standard InChI is InChI=1S/C37H32O13/c38-24-6-18(7-25(39)32(24)46)36-28(42)10-16-4-14-3-15-5-17-11-29(43)37(19-8-26(40)33(47)27(41)9-19)50-35(17)23(31(15)45)13-21-2-1-20(48-21)12-22(30(14)44)34(16)49-36/h1-2,4-9,28-29,36-47H,3,10-13H2. The van der Waals surface area contributed by atoms with Crippen LogP contribution in [0.2, 0.25) is 0 Å². The first-order chi connectivity index (χ1) is 23.9. The summed E-state index contributed by atoms with van der Waals surface area (Å²) in [7, 11) is 0. The third-order valence-corrected chi connectivity index (χ3v) is 9.70. The van der Waals surface area contributed by atoms with E-state index in [2.05, 4.69) is 0 Å². The molecular formula is C37H32O13. The summed E-state index contributed by atoms with van der Waals surface area (Å²) < 4.78 is 18.7. The molecule has 0 saturated carbocycles. The molecule has 6 bridgehead atoms. The largest absolute Gasteiger partial charge is 0.507 e. The highest BCUT2D eigenvalue weighted by atomic mass is 16.5. The first-order valence-corrected chi connectivity index (χ1v) is 15.9.